The van der Waals surface area contributed by atoms with E-state index in [1.54, 1.807) is 0 Å². The SMILES string of the molecule is CN(CCN1CCCC1)C(=O)CC1CC2CCC(C1)N2. The molecular formula is C16H29N3O. The largest absolute Gasteiger partial charge is 0.344 e. The van der Waals surface area contributed by atoms with Crippen molar-refractivity contribution in [1.29, 1.82) is 0 Å². The maximum atomic E-state index is 12.3. The van der Waals surface area contributed by atoms with E-state index in [1.165, 1.54) is 51.6 Å². The van der Waals surface area contributed by atoms with Gasteiger partial charge in [-0.2, -0.15) is 0 Å². The molecule has 3 rings (SSSR count). The summed E-state index contributed by atoms with van der Waals surface area (Å²) in [6.45, 7) is 4.40. The smallest absolute Gasteiger partial charge is 0.222 e. The van der Waals surface area contributed by atoms with Crippen molar-refractivity contribution in [3.63, 3.8) is 0 Å². The molecular weight excluding hydrogens is 250 g/mol. The fourth-order valence-electron chi connectivity index (χ4n) is 4.17. The van der Waals surface area contributed by atoms with Crippen LogP contribution >= 0.6 is 0 Å². The standard InChI is InChI=1S/C16H29N3O/c1-18(8-9-19-6-2-3-7-19)16(20)12-13-10-14-4-5-15(11-13)17-14/h13-15,17H,2-12H2,1H3. The Morgan fingerprint density at radius 1 is 1.20 bits per heavy atom. The molecule has 3 fully saturated rings. The Morgan fingerprint density at radius 3 is 2.50 bits per heavy atom. The molecule has 0 aromatic rings. The van der Waals surface area contributed by atoms with Crippen molar-refractivity contribution >= 4 is 5.91 Å². The Hall–Kier alpha value is -0.610. The first-order valence-electron chi connectivity index (χ1n) is 8.43. The summed E-state index contributed by atoms with van der Waals surface area (Å²) in [5.74, 6) is 0.978. The van der Waals surface area contributed by atoms with E-state index in [1.807, 2.05) is 11.9 Å². The molecule has 3 aliphatic rings. The Kier molecular flexibility index (Phi) is 4.61. The van der Waals surface area contributed by atoms with Gasteiger partial charge >= 0.3 is 0 Å². The van der Waals surface area contributed by atoms with Gasteiger partial charge in [-0.15, -0.1) is 0 Å². The number of amides is 1. The number of likely N-dealkylation sites (N-methyl/N-ethyl adjacent to an activating group) is 1. The lowest BCUT2D eigenvalue weighted by Crippen LogP contribution is -2.41. The minimum atomic E-state index is 0.357. The number of rotatable bonds is 5. The van der Waals surface area contributed by atoms with Crippen molar-refractivity contribution in [3.05, 3.63) is 0 Å². The van der Waals surface area contributed by atoms with Crippen LogP contribution in [-0.4, -0.2) is 61.0 Å². The van der Waals surface area contributed by atoms with Gasteiger partial charge in [0.15, 0.2) is 0 Å². The third-order valence-electron chi connectivity index (χ3n) is 5.41. The normalized spacial score (nSPS) is 33.5. The fourth-order valence-corrected chi connectivity index (χ4v) is 4.17. The second kappa shape index (κ2) is 6.44. The Balaban J connectivity index is 1.39. The molecule has 0 spiro atoms. The van der Waals surface area contributed by atoms with E-state index in [0.717, 1.165) is 19.5 Å². The van der Waals surface area contributed by atoms with Crippen LogP contribution < -0.4 is 5.32 Å². The van der Waals surface area contributed by atoms with Gasteiger partial charge in [-0.3, -0.25) is 4.79 Å². The maximum absolute atomic E-state index is 12.3. The molecule has 0 saturated carbocycles. The average molecular weight is 279 g/mol. The molecule has 3 saturated heterocycles. The summed E-state index contributed by atoms with van der Waals surface area (Å²) < 4.78 is 0. The van der Waals surface area contributed by atoms with Crippen LogP contribution in [-0.2, 0) is 4.79 Å². The number of hydrogen-bond donors (Lipinski definition) is 1. The molecule has 2 bridgehead atoms. The lowest BCUT2D eigenvalue weighted by Gasteiger charge is -2.30. The fraction of sp³-hybridized carbons (Fsp3) is 0.938. The summed E-state index contributed by atoms with van der Waals surface area (Å²) in [5, 5.41) is 3.65. The van der Waals surface area contributed by atoms with Crippen LogP contribution in [0.4, 0.5) is 0 Å². The molecule has 2 unspecified atom stereocenters. The second-order valence-corrected chi connectivity index (χ2v) is 7.04. The van der Waals surface area contributed by atoms with Crippen LogP contribution in [0, 0.1) is 5.92 Å². The van der Waals surface area contributed by atoms with Gasteiger partial charge in [0.1, 0.15) is 0 Å². The molecule has 1 N–H and O–H groups in total. The summed E-state index contributed by atoms with van der Waals surface area (Å²) in [6, 6.07) is 1.39. The van der Waals surface area contributed by atoms with Gasteiger partial charge < -0.3 is 15.1 Å². The van der Waals surface area contributed by atoms with Gasteiger partial charge in [0.25, 0.3) is 0 Å². The number of hydrogen-bond acceptors (Lipinski definition) is 3. The highest BCUT2D eigenvalue weighted by Gasteiger charge is 2.34. The number of carbonyl (C=O) groups excluding carboxylic acids is 1. The van der Waals surface area contributed by atoms with Crippen LogP contribution in [0.15, 0.2) is 0 Å². The van der Waals surface area contributed by atoms with Crippen molar-refractivity contribution in [2.45, 2.75) is 57.0 Å². The summed E-state index contributed by atoms with van der Waals surface area (Å²) in [4.78, 5) is 16.8. The molecule has 0 aromatic carbocycles. The maximum Gasteiger partial charge on any atom is 0.222 e. The van der Waals surface area contributed by atoms with Gasteiger partial charge in [0.05, 0.1) is 0 Å². The van der Waals surface area contributed by atoms with Crippen LogP contribution in [0.25, 0.3) is 0 Å². The summed E-state index contributed by atoms with van der Waals surface area (Å²) in [6.07, 6.45) is 8.49. The van der Waals surface area contributed by atoms with E-state index < -0.39 is 0 Å². The van der Waals surface area contributed by atoms with Gasteiger partial charge in [0, 0.05) is 38.6 Å². The van der Waals surface area contributed by atoms with Crippen LogP contribution in [0.1, 0.15) is 44.9 Å². The zero-order valence-electron chi connectivity index (χ0n) is 12.8. The van der Waals surface area contributed by atoms with Gasteiger partial charge in [-0.25, -0.2) is 0 Å². The number of piperidine rings is 1. The molecule has 0 radical (unpaired) electrons. The summed E-state index contributed by atoms with van der Waals surface area (Å²) in [5.41, 5.74) is 0. The lowest BCUT2D eigenvalue weighted by molar-refractivity contribution is -0.131. The molecule has 2 atom stereocenters. The van der Waals surface area contributed by atoms with Crippen molar-refractivity contribution in [2.24, 2.45) is 5.92 Å². The van der Waals surface area contributed by atoms with Crippen LogP contribution in [0.2, 0.25) is 0 Å². The third-order valence-corrected chi connectivity index (χ3v) is 5.41. The molecule has 3 aliphatic heterocycles. The van der Waals surface area contributed by atoms with Crippen LogP contribution in [0.3, 0.4) is 0 Å². The van der Waals surface area contributed by atoms with E-state index in [-0.39, 0.29) is 0 Å². The van der Waals surface area contributed by atoms with Crippen molar-refractivity contribution in [3.8, 4) is 0 Å². The molecule has 3 heterocycles. The van der Waals surface area contributed by atoms with E-state index in [9.17, 15) is 4.79 Å². The first-order valence-corrected chi connectivity index (χ1v) is 8.43. The highest BCUT2D eigenvalue weighted by atomic mass is 16.2. The zero-order chi connectivity index (χ0) is 13.9. The minimum Gasteiger partial charge on any atom is -0.344 e. The first-order chi connectivity index (χ1) is 9.70. The number of likely N-dealkylation sites (tertiary alicyclic amines) is 1. The monoisotopic (exact) mass is 279 g/mol. The third kappa shape index (κ3) is 3.53. The molecule has 0 aliphatic carbocycles. The zero-order valence-corrected chi connectivity index (χ0v) is 12.8. The Bertz CT molecular complexity index is 329. The molecule has 114 valence electrons. The number of carbonyl (C=O) groups is 1. The molecule has 4 heteroatoms. The van der Waals surface area contributed by atoms with Crippen LogP contribution in [0.5, 0.6) is 0 Å². The molecule has 4 nitrogen and oxygen atoms in total. The van der Waals surface area contributed by atoms with Crippen molar-refractivity contribution < 1.29 is 4.79 Å². The summed E-state index contributed by atoms with van der Waals surface area (Å²) in [7, 11) is 1.98. The molecule has 1 amide bonds. The van der Waals surface area contributed by atoms with Gasteiger partial charge in [0.2, 0.25) is 5.91 Å². The van der Waals surface area contributed by atoms with E-state index in [2.05, 4.69) is 10.2 Å². The van der Waals surface area contributed by atoms with Crippen molar-refractivity contribution in [1.82, 2.24) is 15.1 Å². The quantitative estimate of drug-likeness (QED) is 0.827. The molecule has 0 aromatic heterocycles. The van der Waals surface area contributed by atoms with Gasteiger partial charge in [-0.1, -0.05) is 0 Å². The predicted molar refractivity (Wildman–Crippen MR) is 80.6 cm³/mol. The van der Waals surface area contributed by atoms with Crippen molar-refractivity contribution in [2.75, 3.05) is 33.2 Å². The highest BCUT2D eigenvalue weighted by molar-refractivity contribution is 5.76. The van der Waals surface area contributed by atoms with E-state index in [0.29, 0.717) is 23.9 Å². The van der Waals surface area contributed by atoms with Gasteiger partial charge in [-0.05, 0) is 57.5 Å². The number of fused-ring (bicyclic) bond motifs is 2. The Labute approximate surface area is 122 Å². The molecule has 20 heavy (non-hydrogen) atoms. The summed E-state index contributed by atoms with van der Waals surface area (Å²) >= 11 is 0. The minimum absolute atomic E-state index is 0.357. The topological polar surface area (TPSA) is 35.6 Å². The Morgan fingerprint density at radius 2 is 1.85 bits per heavy atom. The number of nitrogens with zero attached hydrogens (tertiary/aromatic N) is 2. The average Bonchev–Trinajstić information content (AvgIpc) is 3.06. The first kappa shape index (κ1) is 14.3. The van der Waals surface area contributed by atoms with E-state index in [4.69, 9.17) is 0 Å². The number of nitrogens with one attached hydrogen (secondary N) is 1. The van der Waals surface area contributed by atoms with E-state index >= 15 is 0 Å². The highest BCUT2D eigenvalue weighted by Crippen LogP contribution is 2.32. The second-order valence-electron chi connectivity index (χ2n) is 7.04. The predicted octanol–water partition coefficient (Wildman–Crippen LogP) is 1.46. The lowest BCUT2D eigenvalue weighted by atomic mass is 9.89.